The smallest absolute Gasteiger partial charge is 0.307 e. The zero-order valence-electron chi connectivity index (χ0n) is 16.4. The number of benzene rings is 2. The lowest BCUT2D eigenvalue weighted by Gasteiger charge is -2.26. The summed E-state index contributed by atoms with van der Waals surface area (Å²) in [6.07, 6.45) is 3.71. The van der Waals surface area contributed by atoms with Gasteiger partial charge in [-0.25, -0.2) is 4.68 Å². The van der Waals surface area contributed by atoms with Crippen molar-refractivity contribution in [2.75, 3.05) is 0 Å². The topological polar surface area (TPSA) is 82.2 Å². The summed E-state index contributed by atoms with van der Waals surface area (Å²) in [5.74, 6) is 0.00902. The zero-order chi connectivity index (χ0) is 20.5. The van der Waals surface area contributed by atoms with E-state index in [-0.39, 0.29) is 12.5 Å². The Morgan fingerprint density at radius 1 is 1.13 bits per heavy atom. The van der Waals surface area contributed by atoms with Gasteiger partial charge in [-0.15, -0.1) is 5.10 Å². The summed E-state index contributed by atoms with van der Waals surface area (Å²) in [5, 5.41) is 19.0. The summed E-state index contributed by atoms with van der Waals surface area (Å²) < 4.78 is 9.94. The number of rotatable bonds is 6. The van der Waals surface area contributed by atoms with Crippen LogP contribution in [0.2, 0.25) is 0 Å². The molecule has 0 bridgehead atoms. The molecule has 7 heteroatoms. The first-order valence-electron chi connectivity index (χ1n) is 10.1. The fourth-order valence-electron chi connectivity index (χ4n) is 4.32. The van der Waals surface area contributed by atoms with Gasteiger partial charge >= 0.3 is 5.97 Å². The highest BCUT2D eigenvalue weighted by molar-refractivity contribution is 5.89. The van der Waals surface area contributed by atoms with Crippen LogP contribution < -0.4 is 4.74 Å². The van der Waals surface area contributed by atoms with Crippen molar-refractivity contribution in [2.24, 2.45) is 0 Å². The first-order chi connectivity index (χ1) is 14.7. The number of carboxylic acid groups (broad SMARTS) is 1. The van der Waals surface area contributed by atoms with Gasteiger partial charge < -0.3 is 14.4 Å². The fraction of sp³-hybridized carbons (Fsp3) is 0.261. The van der Waals surface area contributed by atoms with Crippen molar-refractivity contribution in [3.05, 3.63) is 77.7 Å². The first-order valence-corrected chi connectivity index (χ1v) is 10.1. The van der Waals surface area contributed by atoms with Crippen LogP contribution in [0.3, 0.4) is 0 Å². The molecular formula is C23H22N4O3. The van der Waals surface area contributed by atoms with Crippen LogP contribution in [0.5, 0.6) is 5.75 Å². The summed E-state index contributed by atoms with van der Waals surface area (Å²) >= 11 is 0. The van der Waals surface area contributed by atoms with Gasteiger partial charge in [-0.05, 0) is 36.6 Å². The monoisotopic (exact) mass is 402 g/mol. The number of nitrogens with zero attached hydrogens (tertiary/aromatic N) is 4. The van der Waals surface area contributed by atoms with E-state index in [1.165, 1.54) is 0 Å². The van der Waals surface area contributed by atoms with E-state index in [2.05, 4.69) is 20.9 Å². The molecule has 0 saturated heterocycles. The van der Waals surface area contributed by atoms with Crippen LogP contribution in [0.1, 0.15) is 29.4 Å². The second-order valence-corrected chi connectivity index (χ2v) is 7.61. The Hall–Kier alpha value is -3.61. The molecule has 0 radical (unpaired) electrons. The molecular weight excluding hydrogens is 380 g/mol. The molecule has 1 aliphatic heterocycles. The van der Waals surface area contributed by atoms with Crippen molar-refractivity contribution < 1.29 is 14.6 Å². The van der Waals surface area contributed by atoms with Crippen LogP contribution in [-0.4, -0.2) is 30.6 Å². The van der Waals surface area contributed by atoms with Crippen LogP contribution in [0.15, 0.2) is 60.8 Å². The van der Waals surface area contributed by atoms with E-state index in [1.54, 1.807) is 0 Å². The van der Waals surface area contributed by atoms with E-state index in [1.807, 2.05) is 59.4 Å². The zero-order valence-corrected chi connectivity index (χ0v) is 16.4. The van der Waals surface area contributed by atoms with Gasteiger partial charge in [0.25, 0.3) is 0 Å². The van der Waals surface area contributed by atoms with Crippen LogP contribution in [0.25, 0.3) is 10.9 Å². The minimum atomic E-state index is -0.796. The highest BCUT2D eigenvalue weighted by Crippen LogP contribution is 2.34. The number of ether oxygens (including phenoxy) is 1. The Kier molecular flexibility index (Phi) is 4.71. The molecule has 1 aliphatic rings. The Bertz CT molecular complexity index is 1200. The average Bonchev–Trinajstić information content (AvgIpc) is 3.36. The van der Waals surface area contributed by atoms with Crippen LogP contribution in [0, 0.1) is 0 Å². The van der Waals surface area contributed by atoms with Gasteiger partial charge in [0, 0.05) is 23.1 Å². The van der Waals surface area contributed by atoms with Gasteiger partial charge in [-0.3, -0.25) is 4.79 Å². The summed E-state index contributed by atoms with van der Waals surface area (Å²) in [6, 6.07) is 17.9. The molecule has 1 unspecified atom stereocenters. The molecule has 0 spiro atoms. The van der Waals surface area contributed by atoms with E-state index in [9.17, 15) is 9.90 Å². The molecule has 152 valence electrons. The van der Waals surface area contributed by atoms with Crippen LogP contribution in [0.4, 0.5) is 0 Å². The highest BCUT2D eigenvalue weighted by Gasteiger charge is 2.27. The number of hydrogen-bond acceptors (Lipinski definition) is 4. The van der Waals surface area contributed by atoms with E-state index >= 15 is 0 Å². The van der Waals surface area contributed by atoms with E-state index in [4.69, 9.17) is 4.74 Å². The van der Waals surface area contributed by atoms with Crippen LogP contribution in [-0.2, 0) is 30.8 Å². The largest absolute Gasteiger partial charge is 0.487 e. The van der Waals surface area contributed by atoms with Crippen molar-refractivity contribution in [1.29, 1.82) is 0 Å². The standard InChI is InChI=1S/C23H22N4O3/c28-23(29)12-20-19-8-4-5-9-21(19)26-14-17(10-11-22(20)26)27-13-16(24-25-27)15-30-18-6-2-1-3-7-18/h1-9,13,17H,10-12,14-15H2,(H,28,29). The number of hydrogen-bond donors (Lipinski definition) is 1. The van der Waals surface area contributed by atoms with Crippen molar-refractivity contribution in [1.82, 2.24) is 19.6 Å². The third kappa shape index (κ3) is 3.43. The Morgan fingerprint density at radius 2 is 1.93 bits per heavy atom. The lowest BCUT2D eigenvalue weighted by atomic mass is 10.0. The third-order valence-corrected chi connectivity index (χ3v) is 5.69. The number of aromatic nitrogens is 4. The average molecular weight is 402 g/mol. The number of para-hydroxylation sites is 2. The van der Waals surface area contributed by atoms with Crippen molar-refractivity contribution >= 4 is 16.9 Å². The molecule has 5 rings (SSSR count). The molecule has 30 heavy (non-hydrogen) atoms. The molecule has 0 fully saturated rings. The molecule has 4 aromatic rings. The van der Waals surface area contributed by atoms with Crippen molar-refractivity contribution in [3.63, 3.8) is 0 Å². The summed E-state index contributed by atoms with van der Waals surface area (Å²) in [6.45, 7) is 1.12. The molecule has 7 nitrogen and oxygen atoms in total. The molecule has 3 heterocycles. The summed E-state index contributed by atoms with van der Waals surface area (Å²) in [7, 11) is 0. The van der Waals surface area contributed by atoms with Crippen LogP contribution >= 0.6 is 0 Å². The SMILES string of the molecule is O=C(O)Cc1c2n(c3ccccc13)CC(n1cc(COc3ccccc3)nn1)CC2. The number of aliphatic carboxylic acids is 1. The number of carbonyl (C=O) groups is 1. The molecule has 1 atom stereocenters. The van der Waals surface area contributed by atoms with E-state index in [0.717, 1.165) is 53.0 Å². The maximum absolute atomic E-state index is 11.4. The lowest BCUT2D eigenvalue weighted by Crippen LogP contribution is -2.24. The second kappa shape index (κ2) is 7.67. The normalized spacial score (nSPS) is 15.8. The quantitative estimate of drug-likeness (QED) is 0.533. The molecule has 0 aliphatic carbocycles. The third-order valence-electron chi connectivity index (χ3n) is 5.69. The minimum Gasteiger partial charge on any atom is -0.487 e. The maximum Gasteiger partial charge on any atom is 0.307 e. The van der Waals surface area contributed by atoms with Gasteiger partial charge in [0.05, 0.1) is 18.7 Å². The molecule has 0 amide bonds. The fourth-order valence-corrected chi connectivity index (χ4v) is 4.32. The highest BCUT2D eigenvalue weighted by atomic mass is 16.5. The molecule has 1 N–H and O–H groups in total. The first kappa shape index (κ1) is 18.4. The Morgan fingerprint density at radius 3 is 2.77 bits per heavy atom. The number of fused-ring (bicyclic) bond motifs is 3. The predicted molar refractivity (Wildman–Crippen MR) is 111 cm³/mol. The predicted octanol–water partition coefficient (Wildman–Crippen LogP) is 3.63. The van der Waals surface area contributed by atoms with E-state index < -0.39 is 5.97 Å². The molecule has 2 aromatic carbocycles. The summed E-state index contributed by atoms with van der Waals surface area (Å²) in [5.41, 5.74) is 3.93. The minimum absolute atomic E-state index is 0.0534. The van der Waals surface area contributed by atoms with Gasteiger partial charge in [-0.2, -0.15) is 0 Å². The summed E-state index contributed by atoms with van der Waals surface area (Å²) in [4.78, 5) is 11.4. The van der Waals surface area contributed by atoms with Gasteiger partial charge in [0.15, 0.2) is 0 Å². The number of carboxylic acids is 1. The molecule has 0 saturated carbocycles. The Labute approximate surface area is 173 Å². The van der Waals surface area contributed by atoms with Gasteiger partial charge in [0.1, 0.15) is 18.1 Å². The second-order valence-electron chi connectivity index (χ2n) is 7.61. The van der Waals surface area contributed by atoms with Crippen molar-refractivity contribution in [3.8, 4) is 5.75 Å². The van der Waals surface area contributed by atoms with Gasteiger partial charge in [0.2, 0.25) is 0 Å². The van der Waals surface area contributed by atoms with Crippen molar-refractivity contribution in [2.45, 2.75) is 38.5 Å². The van der Waals surface area contributed by atoms with E-state index in [0.29, 0.717) is 6.61 Å². The maximum atomic E-state index is 11.4. The van der Waals surface area contributed by atoms with Gasteiger partial charge in [-0.1, -0.05) is 41.6 Å². The Balaban J connectivity index is 1.37. The molecule has 2 aromatic heterocycles. The lowest BCUT2D eigenvalue weighted by molar-refractivity contribution is -0.136.